The van der Waals surface area contributed by atoms with E-state index in [2.05, 4.69) is 12.2 Å². The average Bonchev–Trinajstić information content (AvgIpc) is 2.48. The summed E-state index contributed by atoms with van der Waals surface area (Å²) in [4.78, 5) is 12.5. The average molecular weight is 253 g/mol. The largest absolute Gasteiger partial charge is 0.375 e. The second-order valence-corrected chi connectivity index (χ2v) is 4.58. The molecular formula is C17H19NO. The van der Waals surface area contributed by atoms with E-state index < -0.39 is 0 Å². The minimum atomic E-state index is -0.158. The van der Waals surface area contributed by atoms with Gasteiger partial charge in [0.05, 0.1) is 6.04 Å². The smallest absolute Gasteiger partial charge is 0.184 e. The molecule has 0 aromatic heterocycles. The van der Waals surface area contributed by atoms with Gasteiger partial charge in [-0.15, -0.1) is 0 Å². The van der Waals surface area contributed by atoms with Crippen molar-refractivity contribution in [2.24, 2.45) is 0 Å². The Labute approximate surface area is 114 Å². The first-order valence-corrected chi connectivity index (χ1v) is 6.72. The van der Waals surface area contributed by atoms with Crippen molar-refractivity contribution in [3.8, 4) is 0 Å². The van der Waals surface area contributed by atoms with E-state index in [1.807, 2.05) is 60.7 Å². The predicted molar refractivity (Wildman–Crippen MR) is 79.5 cm³/mol. The van der Waals surface area contributed by atoms with Crippen molar-refractivity contribution in [1.82, 2.24) is 0 Å². The maximum absolute atomic E-state index is 12.5. The summed E-state index contributed by atoms with van der Waals surface area (Å²) < 4.78 is 0. The molecule has 0 bridgehead atoms. The third kappa shape index (κ3) is 3.68. The van der Waals surface area contributed by atoms with Gasteiger partial charge >= 0.3 is 0 Å². The number of anilines is 1. The lowest BCUT2D eigenvalue weighted by atomic mass is 10.00. The lowest BCUT2D eigenvalue weighted by molar-refractivity contribution is 0.0965. The summed E-state index contributed by atoms with van der Waals surface area (Å²) >= 11 is 0. The Bertz CT molecular complexity index is 507. The van der Waals surface area contributed by atoms with E-state index in [0.717, 1.165) is 24.1 Å². The SMILES string of the molecule is CCCC(Nc1ccccc1)C(=O)c1ccccc1. The Morgan fingerprint density at radius 1 is 1.00 bits per heavy atom. The zero-order valence-corrected chi connectivity index (χ0v) is 11.2. The van der Waals surface area contributed by atoms with Crippen molar-refractivity contribution in [3.63, 3.8) is 0 Å². The molecule has 19 heavy (non-hydrogen) atoms. The Morgan fingerprint density at radius 3 is 2.16 bits per heavy atom. The molecule has 0 saturated heterocycles. The third-order valence-electron chi connectivity index (χ3n) is 3.07. The Kier molecular flexibility index (Phi) is 4.73. The summed E-state index contributed by atoms with van der Waals surface area (Å²) in [6.07, 6.45) is 1.81. The summed E-state index contributed by atoms with van der Waals surface area (Å²) in [6, 6.07) is 19.2. The van der Waals surface area contributed by atoms with Crippen molar-refractivity contribution in [2.45, 2.75) is 25.8 Å². The number of rotatable bonds is 6. The normalized spacial score (nSPS) is 11.8. The quantitative estimate of drug-likeness (QED) is 0.783. The number of carbonyl (C=O) groups excluding carboxylic acids is 1. The number of Topliss-reactive ketones (excluding diaryl/α,β-unsaturated/α-hetero) is 1. The standard InChI is InChI=1S/C17H19NO/c1-2-9-16(18-15-12-7-4-8-13-15)17(19)14-10-5-3-6-11-14/h3-8,10-13,16,18H,2,9H2,1H3. The minimum Gasteiger partial charge on any atom is -0.375 e. The molecule has 2 aromatic carbocycles. The Hall–Kier alpha value is -2.09. The zero-order chi connectivity index (χ0) is 13.5. The molecule has 0 heterocycles. The highest BCUT2D eigenvalue weighted by molar-refractivity contribution is 6.01. The molecule has 2 aromatic rings. The fourth-order valence-corrected chi connectivity index (χ4v) is 2.10. The van der Waals surface area contributed by atoms with Crippen molar-refractivity contribution in [2.75, 3.05) is 5.32 Å². The fourth-order valence-electron chi connectivity index (χ4n) is 2.10. The van der Waals surface area contributed by atoms with Gasteiger partial charge in [-0.25, -0.2) is 0 Å². The van der Waals surface area contributed by atoms with Crippen LogP contribution in [0.25, 0.3) is 0 Å². The van der Waals surface area contributed by atoms with E-state index in [1.54, 1.807) is 0 Å². The zero-order valence-electron chi connectivity index (χ0n) is 11.2. The molecule has 2 nitrogen and oxygen atoms in total. The number of hydrogen-bond acceptors (Lipinski definition) is 2. The van der Waals surface area contributed by atoms with E-state index in [9.17, 15) is 4.79 Å². The first-order valence-electron chi connectivity index (χ1n) is 6.72. The maximum Gasteiger partial charge on any atom is 0.184 e. The van der Waals surface area contributed by atoms with Crippen LogP contribution in [0.1, 0.15) is 30.1 Å². The molecule has 0 aliphatic carbocycles. The van der Waals surface area contributed by atoms with Gasteiger partial charge in [-0.3, -0.25) is 4.79 Å². The second kappa shape index (κ2) is 6.74. The topological polar surface area (TPSA) is 29.1 Å². The maximum atomic E-state index is 12.5. The van der Waals surface area contributed by atoms with Gasteiger partial charge < -0.3 is 5.32 Å². The highest BCUT2D eigenvalue weighted by Gasteiger charge is 2.18. The van der Waals surface area contributed by atoms with Crippen LogP contribution in [0.5, 0.6) is 0 Å². The predicted octanol–water partition coefficient (Wildman–Crippen LogP) is 4.15. The molecule has 0 amide bonds. The number of ketones is 1. The number of carbonyl (C=O) groups is 1. The molecule has 0 aliphatic rings. The van der Waals surface area contributed by atoms with Crippen LogP contribution in [0.2, 0.25) is 0 Å². The molecule has 98 valence electrons. The van der Waals surface area contributed by atoms with Crippen LogP contribution in [0.4, 0.5) is 5.69 Å². The Morgan fingerprint density at radius 2 is 1.58 bits per heavy atom. The molecule has 0 saturated carbocycles. The number of nitrogens with one attached hydrogen (secondary N) is 1. The number of benzene rings is 2. The first kappa shape index (κ1) is 13.3. The molecule has 2 rings (SSSR count). The van der Waals surface area contributed by atoms with E-state index in [0.29, 0.717) is 0 Å². The van der Waals surface area contributed by atoms with Gasteiger partial charge in [-0.1, -0.05) is 61.9 Å². The molecule has 1 N–H and O–H groups in total. The molecule has 0 spiro atoms. The van der Waals surface area contributed by atoms with Gasteiger partial charge in [0.15, 0.2) is 5.78 Å². The number of hydrogen-bond donors (Lipinski definition) is 1. The van der Waals surface area contributed by atoms with Gasteiger partial charge in [-0.2, -0.15) is 0 Å². The van der Waals surface area contributed by atoms with Crippen LogP contribution in [0.3, 0.4) is 0 Å². The molecular weight excluding hydrogens is 234 g/mol. The van der Waals surface area contributed by atoms with Gasteiger partial charge in [0.2, 0.25) is 0 Å². The lowest BCUT2D eigenvalue weighted by Crippen LogP contribution is -2.29. The summed E-state index contributed by atoms with van der Waals surface area (Å²) in [6.45, 7) is 2.10. The fraction of sp³-hybridized carbons (Fsp3) is 0.235. The van der Waals surface area contributed by atoms with Crippen LogP contribution in [0, 0.1) is 0 Å². The van der Waals surface area contributed by atoms with Crippen LogP contribution in [0.15, 0.2) is 60.7 Å². The van der Waals surface area contributed by atoms with Crippen LogP contribution in [-0.4, -0.2) is 11.8 Å². The highest BCUT2D eigenvalue weighted by Crippen LogP contribution is 2.14. The van der Waals surface area contributed by atoms with E-state index in [4.69, 9.17) is 0 Å². The van der Waals surface area contributed by atoms with Crippen molar-refractivity contribution in [3.05, 3.63) is 66.2 Å². The molecule has 1 unspecified atom stereocenters. The first-order chi connectivity index (χ1) is 9.31. The van der Waals surface area contributed by atoms with E-state index in [-0.39, 0.29) is 11.8 Å². The molecule has 0 fully saturated rings. The van der Waals surface area contributed by atoms with Crippen LogP contribution >= 0.6 is 0 Å². The molecule has 0 aliphatic heterocycles. The monoisotopic (exact) mass is 253 g/mol. The molecule has 0 radical (unpaired) electrons. The highest BCUT2D eigenvalue weighted by atomic mass is 16.1. The lowest BCUT2D eigenvalue weighted by Gasteiger charge is -2.18. The van der Waals surface area contributed by atoms with E-state index in [1.165, 1.54) is 0 Å². The third-order valence-corrected chi connectivity index (χ3v) is 3.07. The van der Waals surface area contributed by atoms with Crippen LogP contribution < -0.4 is 5.32 Å². The minimum absolute atomic E-state index is 0.158. The van der Waals surface area contributed by atoms with Gasteiger partial charge in [0, 0.05) is 11.3 Å². The summed E-state index contributed by atoms with van der Waals surface area (Å²) in [7, 11) is 0. The van der Waals surface area contributed by atoms with Crippen LogP contribution in [-0.2, 0) is 0 Å². The molecule has 2 heteroatoms. The summed E-state index contributed by atoms with van der Waals surface area (Å²) in [5.41, 5.74) is 1.76. The van der Waals surface area contributed by atoms with Gasteiger partial charge in [0.25, 0.3) is 0 Å². The van der Waals surface area contributed by atoms with Gasteiger partial charge in [-0.05, 0) is 18.6 Å². The summed E-state index contributed by atoms with van der Waals surface area (Å²) in [5, 5.41) is 3.33. The van der Waals surface area contributed by atoms with Gasteiger partial charge in [0.1, 0.15) is 0 Å². The second-order valence-electron chi connectivity index (χ2n) is 4.58. The number of para-hydroxylation sites is 1. The van der Waals surface area contributed by atoms with Crippen molar-refractivity contribution >= 4 is 11.5 Å². The Balaban J connectivity index is 2.14. The molecule has 1 atom stereocenters. The van der Waals surface area contributed by atoms with Crippen molar-refractivity contribution in [1.29, 1.82) is 0 Å². The van der Waals surface area contributed by atoms with E-state index >= 15 is 0 Å². The van der Waals surface area contributed by atoms with Crippen molar-refractivity contribution < 1.29 is 4.79 Å². The summed E-state index contributed by atoms with van der Waals surface area (Å²) in [5.74, 6) is 0.159.